The maximum atomic E-state index is 12.9. The van der Waals surface area contributed by atoms with Crippen LogP contribution >= 0.6 is 11.6 Å². The van der Waals surface area contributed by atoms with Crippen LogP contribution in [0.4, 0.5) is 10.1 Å². The third-order valence-corrected chi connectivity index (χ3v) is 2.71. The summed E-state index contributed by atoms with van der Waals surface area (Å²) in [6.07, 6.45) is 0. The van der Waals surface area contributed by atoms with Crippen molar-refractivity contribution in [3.8, 4) is 0 Å². The second kappa shape index (κ2) is 4.58. The SMILES string of the molecule is CCS(=O)Nc1ccc(Cl)c(F)c1. The second-order valence-electron chi connectivity index (χ2n) is 2.37. The molecule has 0 bridgehead atoms. The molecule has 1 aromatic rings. The Bertz CT molecular complexity index is 332. The second-order valence-corrected chi connectivity index (χ2v) is 4.24. The van der Waals surface area contributed by atoms with Crippen molar-refractivity contribution in [2.75, 3.05) is 10.5 Å². The van der Waals surface area contributed by atoms with Crippen LogP contribution in [0.2, 0.25) is 5.02 Å². The van der Waals surface area contributed by atoms with Crippen molar-refractivity contribution in [1.29, 1.82) is 0 Å². The first-order valence-electron chi connectivity index (χ1n) is 3.73. The third-order valence-electron chi connectivity index (χ3n) is 1.41. The van der Waals surface area contributed by atoms with Gasteiger partial charge >= 0.3 is 0 Å². The molecule has 1 N–H and O–H groups in total. The summed E-state index contributed by atoms with van der Waals surface area (Å²) < 4.78 is 26.5. The van der Waals surface area contributed by atoms with Crippen LogP contribution in [-0.2, 0) is 11.0 Å². The average Bonchev–Trinajstić information content (AvgIpc) is 2.11. The molecule has 72 valence electrons. The minimum absolute atomic E-state index is 0.0628. The first kappa shape index (κ1) is 10.5. The van der Waals surface area contributed by atoms with E-state index in [0.717, 1.165) is 0 Å². The molecule has 1 aromatic carbocycles. The van der Waals surface area contributed by atoms with Gasteiger partial charge in [-0.15, -0.1) is 0 Å². The molecule has 0 radical (unpaired) electrons. The highest BCUT2D eigenvalue weighted by molar-refractivity contribution is 7.86. The van der Waals surface area contributed by atoms with Crippen molar-refractivity contribution in [2.45, 2.75) is 6.92 Å². The summed E-state index contributed by atoms with van der Waals surface area (Å²) in [5.74, 6) is -0.0377. The molecular weight excluding hydrogens is 213 g/mol. The molecule has 0 fully saturated rings. The summed E-state index contributed by atoms with van der Waals surface area (Å²) >= 11 is 5.47. The van der Waals surface area contributed by atoms with E-state index in [4.69, 9.17) is 11.6 Å². The van der Waals surface area contributed by atoms with Crippen molar-refractivity contribution in [2.24, 2.45) is 0 Å². The van der Waals surface area contributed by atoms with Crippen molar-refractivity contribution >= 4 is 28.3 Å². The van der Waals surface area contributed by atoms with Gasteiger partial charge in [-0.1, -0.05) is 18.5 Å². The largest absolute Gasteiger partial charge is 0.305 e. The number of benzene rings is 1. The van der Waals surface area contributed by atoms with Gasteiger partial charge in [0, 0.05) is 11.4 Å². The third kappa shape index (κ3) is 2.97. The van der Waals surface area contributed by atoms with E-state index in [1.54, 1.807) is 13.0 Å². The topological polar surface area (TPSA) is 29.1 Å². The molecule has 0 aliphatic rings. The molecule has 1 rings (SSSR count). The van der Waals surface area contributed by atoms with Gasteiger partial charge in [-0.05, 0) is 18.2 Å². The first-order chi connectivity index (χ1) is 6.13. The van der Waals surface area contributed by atoms with Gasteiger partial charge in [-0.25, -0.2) is 8.60 Å². The Morgan fingerprint density at radius 1 is 1.62 bits per heavy atom. The molecule has 0 heterocycles. The van der Waals surface area contributed by atoms with E-state index in [2.05, 4.69) is 4.72 Å². The van der Waals surface area contributed by atoms with Gasteiger partial charge in [0.1, 0.15) is 16.8 Å². The van der Waals surface area contributed by atoms with Crippen molar-refractivity contribution < 1.29 is 8.60 Å². The van der Waals surface area contributed by atoms with E-state index in [9.17, 15) is 8.60 Å². The summed E-state index contributed by atoms with van der Waals surface area (Å²) in [5, 5.41) is 0.0628. The maximum absolute atomic E-state index is 12.9. The van der Waals surface area contributed by atoms with E-state index in [0.29, 0.717) is 11.4 Å². The fourth-order valence-electron chi connectivity index (χ4n) is 0.763. The van der Waals surface area contributed by atoms with E-state index >= 15 is 0 Å². The Kier molecular flexibility index (Phi) is 3.69. The molecule has 1 atom stereocenters. The zero-order valence-corrected chi connectivity index (χ0v) is 8.58. The number of hydrogen-bond donors (Lipinski definition) is 1. The summed E-state index contributed by atoms with van der Waals surface area (Å²) in [6.45, 7) is 1.77. The molecule has 0 aliphatic heterocycles. The number of rotatable bonds is 3. The van der Waals surface area contributed by atoms with Gasteiger partial charge in [0.05, 0.1) is 5.02 Å². The minimum Gasteiger partial charge on any atom is -0.305 e. The van der Waals surface area contributed by atoms with Crippen molar-refractivity contribution in [3.63, 3.8) is 0 Å². The Balaban J connectivity index is 2.79. The molecule has 0 aromatic heterocycles. The van der Waals surface area contributed by atoms with Gasteiger partial charge in [0.2, 0.25) is 0 Å². The Morgan fingerprint density at radius 3 is 2.85 bits per heavy atom. The predicted molar refractivity (Wildman–Crippen MR) is 53.7 cm³/mol. The summed E-state index contributed by atoms with van der Waals surface area (Å²) in [6, 6.07) is 4.22. The molecule has 1 unspecified atom stereocenters. The molecular formula is C8H9ClFNOS. The summed E-state index contributed by atoms with van der Waals surface area (Å²) in [5.41, 5.74) is 0.474. The van der Waals surface area contributed by atoms with Gasteiger partial charge in [0.25, 0.3) is 0 Å². The first-order valence-corrected chi connectivity index (χ1v) is 5.43. The quantitative estimate of drug-likeness (QED) is 0.835. The number of anilines is 1. The highest BCUT2D eigenvalue weighted by atomic mass is 35.5. The van der Waals surface area contributed by atoms with Crippen LogP contribution in [0.3, 0.4) is 0 Å². The van der Waals surface area contributed by atoms with E-state index in [-0.39, 0.29) is 5.02 Å². The molecule has 13 heavy (non-hydrogen) atoms. The van der Waals surface area contributed by atoms with Crippen LogP contribution in [0, 0.1) is 5.82 Å². The molecule has 0 spiro atoms. The zero-order chi connectivity index (χ0) is 9.84. The Morgan fingerprint density at radius 2 is 2.31 bits per heavy atom. The standard InChI is InChI=1S/C8H9ClFNOS/c1-2-13(12)11-6-3-4-7(9)8(10)5-6/h3-5,11H,2H2,1H3. The minimum atomic E-state index is -1.15. The number of hydrogen-bond acceptors (Lipinski definition) is 1. The van der Waals surface area contributed by atoms with Crippen LogP contribution in [-0.4, -0.2) is 9.96 Å². The Labute approximate surface area is 83.7 Å². The van der Waals surface area contributed by atoms with Crippen LogP contribution in [0.1, 0.15) is 6.92 Å². The normalized spacial score (nSPS) is 12.5. The van der Waals surface area contributed by atoms with Gasteiger partial charge in [-0.2, -0.15) is 0 Å². The fraction of sp³-hybridized carbons (Fsp3) is 0.250. The zero-order valence-electron chi connectivity index (χ0n) is 7.01. The Hall–Kier alpha value is -0.610. The van der Waals surface area contributed by atoms with Crippen LogP contribution in [0.25, 0.3) is 0 Å². The van der Waals surface area contributed by atoms with Gasteiger partial charge < -0.3 is 4.72 Å². The predicted octanol–water partition coefficient (Wildman–Crippen LogP) is 2.57. The fourth-order valence-corrected chi connectivity index (χ4v) is 1.41. The molecule has 0 amide bonds. The molecule has 0 saturated carbocycles. The van der Waals surface area contributed by atoms with Gasteiger partial charge in [0.15, 0.2) is 0 Å². The molecule has 0 saturated heterocycles. The van der Waals surface area contributed by atoms with E-state index in [1.807, 2.05) is 0 Å². The highest BCUT2D eigenvalue weighted by Gasteiger charge is 2.02. The van der Waals surface area contributed by atoms with Crippen LogP contribution in [0.5, 0.6) is 0 Å². The number of nitrogens with one attached hydrogen (secondary N) is 1. The molecule has 2 nitrogen and oxygen atoms in total. The van der Waals surface area contributed by atoms with Gasteiger partial charge in [-0.3, -0.25) is 0 Å². The monoisotopic (exact) mass is 221 g/mol. The average molecular weight is 222 g/mol. The maximum Gasteiger partial charge on any atom is 0.143 e. The lowest BCUT2D eigenvalue weighted by molar-refractivity contribution is 0.629. The molecule has 5 heteroatoms. The van der Waals surface area contributed by atoms with E-state index < -0.39 is 16.8 Å². The lowest BCUT2D eigenvalue weighted by Gasteiger charge is -2.04. The van der Waals surface area contributed by atoms with Crippen molar-refractivity contribution in [3.05, 3.63) is 29.0 Å². The van der Waals surface area contributed by atoms with Crippen LogP contribution < -0.4 is 4.72 Å². The highest BCUT2D eigenvalue weighted by Crippen LogP contribution is 2.18. The van der Waals surface area contributed by atoms with E-state index in [1.165, 1.54) is 12.1 Å². The van der Waals surface area contributed by atoms with Crippen molar-refractivity contribution in [1.82, 2.24) is 0 Å². The summed E-state index contributed by atoms with van der Waals surface area (Å²) in [4.78, 5) is 0. The number of halogens is 2. The smallest absolute Gasteiger partial charge is 0.143 e. The lowest BCUT2D eigenvalue weighted by atomic mass is 10.3. The molecule has 0 aliphatic carbocycles. The summed E-state index contributed by atoms with van der Waals surface area (Å²) in [7, 11) is -1.15. The lowest BCUT2D eigenvalue weighted by Crippen LogP contribution is -2.06. The van der Waals surface area contributed by atoms with Crippen LogP contribution in [0.15, 0.2) is 18.2 Å².